The maximum atomic E-state index is 11.8. The quantitative estimate of drug-likeness (QED) is 0.106. The molecule has 0 atom stereocenters. The lowest BCUT2D eigenvalue weighted by molar-refractivity contribution is -0.143. The number of nitrogens with zero attached hydrogens (tertiary/aromatic N) is 2. The number of carbonyl (C=O) groups excluding carboxylic acids is 1. The summed E-state index contributed by atoms with van der Waals surface area (Å²) in [5.41, 5.74) is 19.0. The van der Waals surface area contributed by atoms with Crippen molar-refractivity contribution in [1.29, 1.82) is 0 Å². The molecule has 7 aromatic rings. The van der Waals surface area contributed by atoms with E-state index in [0.717, 1.165) is 95.1 Å². The molecule has 9 rings (SSSR count). The average Bonchev–Trinajstić information content (AvgIpc) is 4.10. The van der Waals surface area contributed by atoms with Crippen molar-refractivity contribution in [2.75, 3.05) is 13.2 Å². The van der Waals surface area contributed by atoms with Gasteiger partial charge in [-0.15, -0.1) is 0 Å². The van der Waals surface area contributed by atoms with E-state index in [2.05, 4.69) is 164 Å². The van der Waals surface area contributed by atoms with Crippen LogP contribution in [0.25, 0.3) is 90.9 Å². The van der Waals surface area contributed by atoms with Crippen molar-refractivity contribution in [3.63, 3.8) is 0 Å². The highest BCUT2D eigenvalue weighted by Gasteiger charge is 2.20. The summed E-state index contributed by atoms with van der Waals surface area (Å²) in [5, 5.41) is 0. The summed E-state index contributed by atoms with van der Waals surface area (Å²) in [6.07, 6.45) is 9.39. The van der Waals surface area contributed by atoms with Gasteiger partial charge in [0.2, 0.25) is 0 Å². The highest BCUT2D eigenvalue weighted by molar-refractivity contribution is 6.00. The first-order valence-corrected chi connectivity index (χ1v) is 20.6. The predicted octanol–water partition coefficient (Wildman–Crippen LogP) is 13.0. The Kier molecular flexibility index (Phi) is 10.6. The topological polar surface area (TPSA) is 92.9 Å². The van der Waals surface area contributed by atoms with Gasteiger partial charge in [-0.05, 0) is 117 Å². The first-order chi connectivity index (χ1) is 29.3. The first kappa shape index (κ1) is 38.3. The smallest absolute Gasteiger partial charge is 0.305 e. The van der Waals surface area contributed by atoms with Crippen LogP contribution in [0.4, 0.5) is 0 Å². The number of hydrogen-bond acceptors (Lipinski definition) is 5. The predicted molar refractivity (Wildman–Crippen MR) is 246 cm³/mol. The van der Waals surface area contributed by atoms with Crippen molar-refractivity contribution >= 4 is 52.3 Å². The van der Waals surface area contributed by atoms with Gasteiger partial charge in [-0.1, -0.05) is 102 Å². The van der Waals surface area contributed by atoms with E-state index < -0.39 is 0 Å². The molecule has 2 N–H and O–H groups in total. The number of rotatable bonds is 10. The van der Waals surface area contributed by atoms with Crippen LogP contribution in [0.15, 0.2) is 121 Å². The molecule has 2 aliphatic heterocycles. The van der Waals surface area contributed by atoms with Crippen LogP contribution >= 0.6 is 0 Å². The fourth-order valence-corrected chi connectivity index (χ4v) is 7.94. The van der Waals surface area contributed by atoms with Crippen LogP contribution in [-0.2, 0) is 9.53 Å². The van der Waals surface area contributed by atoms with Crippen LogP contribution in [-0.4, -0.2) is 39.1 Å². The Hall–Kier alpha value is -7.25. The Morgan fingerprint density at radius 2 is 0.850 bits per heavy atom. The van der Waals surface area contributed by atoms with Crippen LogP contribution in [0, 0.1) is 20.8 Å². The molecule has 2 aliphatic rings. The number of ether oxygens (including phenoxy) is 2. The minimum Gasteiger partial charge on any atom is -0.494 e. The summed E-state index contributed by atoms with van der Waals surface area (Å²) in [6, 6.07) is 42.6. The molecule has 8 bridgehead atoms. The summed E-state index contributed by atoms with van der Waals surface area (Å²) in [4.78, 5) is 30.4. The molecular weight excluding hydrogens is 741 g/mol. The fourth-order valence-electron chi connectivity index (χ4n) is 7.94. The Bertz CT molecular complexity index is 2810. The van der Waals surface area contributed by atoms with E-state index >= 15 is 0 Å². The molecule has 0 saturated heterocycles. The number of H-pyrrole nitrogens is 2. The SMILES string of the molecule is CCOC(=O)CCCOc1ccc(-c2c3ccc([nH]3)c(-c3ccc(C)cc3)c3nc(c(-c4ccc(C)cc4)c4nc(c(-c5ccc(C)cc5)c5ccc2[nH]5)C=C4)C=C3)cc1. The summed E-state index contributed by atoms with van der Waals surface area (Å²) in [6.45, 7) is 8.94. The second-order valence-corrected chi connectivity index (χ2v) is 15.4. The van der Waals surface area contributed by atoms with Gasteiger partial charge in [0, 0.05) is 50.7 Å². The lowest BCUT2D eigenvalue weighted by atomic mass is 10.0. The third kappa shape index (κ3) is 7.82. The van der Waals surface area contributed by atoms with Crippen molar-refractivity contribution in [3.05, 3.63) is 161 Å². The number of nitrogens with one attached hydrogen (secondary N) is 2. The second-order valence-electron chi connectivity index (χ2n) is 15.4. The first-order valence-electron chi connectivity index (χ1n) is 20.6. The van der Waals surface area contributed by atoms with Gasteiger partial charge in [-0.3, -0.25) is 4.79 Å². The normalized spacial score (nSPS) is 11.9. The zero-order valence-corrected chi connectivity index (χ0v) is 34.3. The van der Waals surface area contributed by atoms with Crippen LogP contribution in [0.2, 0.25) is 0 Å². The zero-order valence-electron chi connectivity index (χ0n) is 34.3. The largest absolute Gasteiger partial charge is 0.494 e. The van der Waals surface area contributed by atoms with E-state index in [0.29, 0.717) is 26.1 Å². The molecule has 0 aliphatic carbocycles. The molecule has 0 unspecified atom stereocenters. The van der Waals surface area contributed by atoms with Crippen LogP contribution in [0.1, 0.15) is 59.2 Å². The monoisotopic (exact) mass is 786 g/mol. The van der Waals surface area contributed by atoms with Crippen molar-refractivity contribution in [3.8, 4) is 50.3 Å². The minimum atomic E-state index is -0.205. The van der Waals surface area contributed by atoms with Crippen LogP contribution in [0.5, 0.6) is 5.75 Å². The minimum absolute atomic E-state index is 0.205. The summed E-state index contributed by atoms with van der Waals surface area (Å²) in [5.74, 6) is 0.530. The van der Waals surface area contributed by atoms with Crippen molar-refractivity contribution in [2.45, 2.75) is 40.5 Å². The van der Waals surface area contributed by atoms with Gasteiger partial charge in [-0.2, -0.15) is 0 Å². The summed E-state index contributed by atoms with van der Waals surface area (Å²) >= 11 is 0. The number of fused-ring (bicyclic) bond motifs is 8. The van der Waals surface area contributed by atoms with E-state index in [1.54, 1.807) is 0 Å². The molecular formula is C53H46N4O3. The molecule has 0 fully saturated rings. The summed E-state index contributed by atoms with van der Waals surface area (Å²) < 4.78 is 11.1. The van der Waals surface area contributed by atoms with Gasteiger partial charge in [0.25, 0.3) is 0 Å². The van der Waals surface area contributed by atoms with Crippen LogP contribution in [0.3, 0.4) is 0 Å². The van der Waals surface area contributed by atoms with E-state index in [9.17, 15) is 4.79 Å². The molecule has 60 heavy (non-hydrogen) atoms. The maximum absolute atomic E-state index is 11.8. The molecule has 0 spiro atoms. The Morgan fingerprint density at radius 1 is 0.483 bits per heavy atom. The number of hydrogen-bond donors (Lipinski definition) is 2. The van der Waals surface area contributed by atoms with Gasteiger partial charge in [0.1, 0.15) is 5.75 Å². The van der Waals surface area contributed by atoms with Gasteiger partial charge in [0.05, 0.1) is 36.0 Å². The summed E-state index contributed by atoms with van der Waals surface area (Å²) in [7, 11) is 0. The highest BCUT2D eigenvalue weighted by Crippen LogP contribution is 2.39. The highest BCUT2D eigenvalue weighted by atomic mass is 16.5. The Labute approximate surface area is 350 Å². The zero-order chi connectivity index (χ0) is 41.2. The maximum Gasteiger partial charge on any atom is 0.305 e. The van der Waals surface area contributed by atoms with E-state index in [1.165, 1.54) is 16.7 Å². The second kappa shape index (κ2) is 16.5. The van der Waals surface area contributed by atoms with Gasteiger partial charge >= 0.3 is 5.97 Å². The lowest BCUT2D eigenvalue weighted by Gasteiger charge is -2.09. The van der Waals surface area contributed by atoms with Crippen LogP contribution < -0.4 is 4.74 Å². The number of aromatic nitrogens is 4. The van der Waals surface area contributed by atoms with E-state index in [1.807, 2.05) is 19.1 Å². The number of carbonyl (C=O) groups is 1. The van der Waals surface area contributed by atoms with Crippen molar-refractivity contribution in [2.24, 2.45) is 0 Å². The fraction of sp³-hybridized carbons (Fsp3) is 0.151. The molecule has 296 valence electrons. The standard InChI is InChI=1S/C53H46N4O3/c1-5-59-49(58)7-6-32-60-40-22-20-39(21-23-40)53-47-30-28-45(56-47)51(37-16-10-34(3)11-17-37)43-26-24-41(54-43)50(36-14-8-33(2)9-15-36)42-25-27-44(55-42)52(46-29-31-48(53)57-46)38-18-12-35(4)13-19-38/h8-31,56-57H,5-7,32H2,1-4H3. The van der Waals surface area contributed by atoms with Gasteiger partial charge in [0.15, 0.2) is 0 Å². The van der Waals surface area contributed by atoms with Gasteiger partial charge < -0.3 is 19.4 Å². The lowest BCUT2D eigenvalue weighted by Crippen LogP contribution is -2.06. The molecule has 7 nitrogen and oxygen atoms in total. The molecule has 7 heteroatoms. The molecule has 3 aromatic heterocycles. The number of benzene rings is 4. The molecule has 5 heterocycles. The van der Waals surface area contributed by atoms with Gasteiger partial charge in [-0.25, -0.2) is 9.97 Å². The third-order valence-corrected chi connectivity index (χ3v) is 11.0. The molecule has 0 amide bonds. The van der Waals surface area contributed by atoms with Crippen molar-refractivity contribution in [1.82, 2.24) is 19.9 Å². The molecule has 4 aromatic carbocycles. The Balaban J connectivity index is 1.31. The Morgan fingerprint density at radius 3 is 1.28 bits per heavy atom. The molecule has 0 saturated carbocycles. The third-order valence-electron chi connectivity index (χ3n) is 11.0. The average molecular weight is 787 g/mol. The number of aryl methyl sites for hydroxylation is 3. The van der Waals surface area contributed by atoms with E-state index in [4.69, 9.17) is 19.4 Å². The molecule has 0 radical (unpaired) electrons. The number of aromatic amines is 2. The van der Waals surface area contributed by atoms with Crippen molar-refractivity contribution < 1.29 is 14.3 Å². The number of esters is 1. The van der Waals surface area contributed by atoms with E-state index in [-0.39, 0.29) is 5.97 Å².